The van der Waals surface area contributed by atoms with Crippen LogP contribution in [0.2, 0.25) is 0 Å². The molecule has 8 heteroatoms. The average Bonchev–Trinajstić information content (AvgIpc) is 3.28. The average molecular weight is 487 g/mol. The third kappa shape index (κ3) is 4.15. The second kappa shape index (κ2) is 9.37. The molecule has 1 aromatic heterocycles. The van der Waals surface area contributed by atoms with Crippen LogP contribution in [-0.4, -0.2) is 59.3 Å². The molecule has 8 nitrogen and oxygen atoms in total. The van der Waals surface area contributed by atoms with Crippen LogP contribution in [-0.2, 0) is 27.2 Å². The van der Waals surface area contributed by atoms with Gasteiger partial charge in [0.2, 0.25) is 0 Å². The van der Waals surface area contributed by atoms with Crippen LogP contribution in [0.5, 0.6) is 11.5 Å². The Morgan fingerprint density at radius 3 is 2.69 bits per heavy atom. The largest absolute Gasteiger partial charge is 0.497 e. The Balaban J connectivity index is 1.55. The van der Waals surface area contributed by atoms with E-state index in [9.17, 15) is 19.5 Å². The number of allylic oxidation sites excluding steroid dienone is 2. The highest BCUT2D eigenvalue weighted by Crippen LogP contribution is 2.38. The number of carboxylic acid groups (broad SMARTS) is 1. The monoisotopic (exact) mass is 486 g/mol. The molecule has 2 N–H and O–H groups in total. The summed E-state index contributed by atoms with van der Waals surface area (Å²) in [6.45, 7) is -0.173. The van der Waals surface area contributed by atoms with Gasteiger partial charge in [-0.15, -0.1) is 0 Å². The van der Waals surface area contributed by atoms with E-state index in [1.165, 1.54) is 13.2 Å². The number of aromatic amines is 1. The topological polar surface area (TPSA) is 109 Å². The zero-order chi connectivity index (χ0) is 25.4. The SMILES string of the molecule is COc1ccc(CC(=O)CN2C3=C(C=CC2C(=O)O)C(=O)CCc2cc4[nH]ccc4cc23)c(OC)c1. The zero-order valence-corrected chi connectivity index (χ0v) is 20.0. The third-order valence-corrected chi connectivity index (χ3v) is 6.76. The van der Waals surface area contributed by atoms with Gasteiger partial charge in [-0.2, -0.15) is 0 Å². The first kappa shape index (κ1) is 23.4. The number of H-pyrrole nitrogens is 1. The summed E-state index contributed by atoms with van der Waals surface area (Å²) in [6, 6.07) is 10.0. The molecule has 1 unspecified atom stereocenters. The lowest BCUT2D eigenvalue weighted by atomic mass is 9.94. The van der Waals surface area contributed by atoms with Crippen LogP contribution >= 0.6 is 0 Å². The molecule has 1 aliphatic heterocycles. The minimum absolute atomic E-state index is 0.0417. The number of carbonyl (C=O) groups is 3. The molecular formula is C28H26N2O6. The van der Waals surface area contributed by atoms with E-state index in [0.29, 0.717) is 41.2 Å². The van der Waals surface area contributed by atoms with Crippen LogP contribution < -0.4 is 9.47 Å². The summed E-state index contributed by atoms with van der Waals surface area (Å²) in [5, 5.41) is 11.0. The number of aryl methyl sites for hydroxylation is 1. The van der Waals surface area contributed by atoms with Crippen molar-refractivity contribution in [3.63, 3.8) is 0 Å². The zero-order valence-electron chi connectivity index (χ0n) is 20.0. The van der Waals surface area contributed by atoms with Gasteiger partial charge in [0.15, 0.2) is 11.6 Å². The molecule has 0 bridgehead atoms. The molecule has 1 aliphatic carbocycles. The molecular weight excluding hydrogens is 460 g/mol. The number of nitrogens with one attached hydrogen (secondary N) is 1. The molecule has 2 aliphatic rings. The van der Waals surface area contributed by atoms with E-state index in [2.05, 4.69) is 4.98 Å². The van der Waals surface area contributed by atoms with E-state index in [-0.39, 0.29) is 24.5 Å². The maximum absolute atomic E-state index is 13.3. The molecule has 2 heterocycles. The maximum Gasteiger partial charge on any atom is 0.330 e. The quantitative estimate of drug-likeness (QED) is 0.526. The Hall–Kier alpha value is -4.33. The number of ether oxygens (including phenoxy) is 2. The van der Waals surface area contributed by atoms with Gasteiger partial charge >= 0.3 is 5.97 Å². The summed E-state index contributed by atoms with van der Waals surface area (Å²) in [6.07, 6.45) is 5.81. The lowest BCUT2D eigenvalue weighted by molar-refractivity contribution is -0.140. The van der Waals surface area contributed by atoms with Crippen molar-refractivity contribution >= 4 is 34.1 Å². The minimum atomic E-state index is -1.09. The summed E-state index contributed by atoms with van der Waals surface area (Å²) >= 11 is 0. The number of carbonyl (C=O) groups excluding carboxylic acids is 2. The van der Waals surface area contributed by atoms with Gasteiger partial charge in [0.05, 0.1) is 26.5 Å². The Morgan fingerprint density at radius 1 is 1.11 bits per heavy atom. The highest BCUT2D eigenvalue weighted by atomic mass is 16.5. The number of Topliss-reactive ketones (excluding diaryl/α,β-unsaturated/α-hetero) is 2. The molecule has 1 atom stereocenters. The first-order chi connectivity index (χ1) is 17.4. The van der Waals surface area contributed by atoms with Crippen molar-refractivity contribution in [2.24, 2.45) is 0 Å². The maximum atomic E-state index is 13.3. The summed E-state index contributed by atoms with van der Waals surface area (Å²) < 4.78 is 10.7. The number of rotatable bonds is 7. The third-order valence-electron chi connectivity index (χ3n) is 6.76. The van der Waals surface area contributed by atoms with Gasteiger partial charge < -0.3 is 24.5 Å². The fourth-order valence-electron chi connectivity index (χ4n) is 4.99. The first-order valence-electron chi connectivity index (χ1n) is 11.7. The van der Waals surface area contributed by atoms with Crippen LogP contribution in [0.4, 0.5) is 0 Å². The van der Waals surface area contributed by atoms with E-state index >= 15 is 0 Å². The molecule has 0 saturated carbocycles. The second-order valence-corrected chi connectivity index (χ2v) is 8.92. The molecule has 0 saturated heterocycles. The number of nitrogens with zero attached hydrogens (tertiary/aromatic N) is 1. The number of ketones is 2. The molecule has 5 rings (SSSR count). The lowest BCUT2D eigenvalue weighted by Crippen LogP contribution is -2.44. The molecule has 0 radical (unpaired) electrons. The predicted octanol–water partition coefficient (Wildman–Crippen LogP) is 3.55. The molecule has 0 amide bonds. The number of hydrogen-bond acceptors (Lipinski definition) is 6. The van der Waals surface area contributed by atoms with Crippen LogP contribution in [0, 0.1) is 0 Å². The number of methoxy groups -OCH3 is 2. The Labute approximate surface area is 207 Å². The Bertz CT molecular complexity index is 1450. The van der Waals surface area contributed by atoms with Gasteiger partial charge in [-0.25, -0.2) is 4.79 Å². The second-order valence-electron chi connectivity index (χ2n) is 8.92. The molecule has 0 fully saturated rings. The summed E-state index contributed by atoms with van der Waals surface area (Å²) in [7, 11) is 3.07. The van der Waals surface area contributed by atoms with Gasteiger partial charge in [-0.05, 0) is 36.2 Å². The van der Waals surface area contributed by atoms with E-state index < -0.39 is 12.0 Å². The fourth-order valence-corrected chi connectivity index (χ4v) is 4.99. The van der Waals surface area contributed by atoms with Gasteiger partial charge in [0.1, 0.15) is 17.5 Å². The van der Waals surface area contributed by atoms with E-state index in [0.717, 1.165) is 22.0 Å². The number of aliphatic carboxylic acids is 1. The number of hydrogen-bond donors (Lipinski definition) is 2. The smallest absolute Gasteiger partial charge is 0.330 e. The summed E-state index contributed by atoms with van der Waals surface area (Å²) in [5.41, 5.74) is 4.28. The van der Waals surface area contributed by atoms with Crippen LogP contribution in [0.1, 0.15) is 23.1 Å². The van der Waals surface area contributed by atoms with Crippen molar-refractivity contribution < 1.29 is 29.0 Å². The number of fused-ring (bicyclic) bond motifs is 3. The van der Waals surface area contributed by atoms with Crippen LogP contribution in [0.3, 0.4) is 0 Å². The summed E-state index contributed by atoms with van der Waals surface area (Å²) in [5.74, 6) is -0.240. The van der Waals surface area contributed by atoms with E-state index in [1.807, 2.05) is 24.4 Å². The van der Waals surface area contributed by atoms with Crippen molar-refractivity contribution in [3.8, 4) is 11.5 Å². The van der Waals surface area contributed by atoms with E-state index in [4.69, 9.17) is 9.47 Å². The molecule has 36 heavy (non-hydrogen) atoms. The number of aromatic nitrogens is 1. The van der Waals surface area contributed by atoms with Crippen molar-refractivity contribution in [1.29, 1.82) is 0 Å². The number of carboxylic acids is 1. The Kier molecular flexibility index (Phi) is 6.10. The molecule has 184 valence electrons. The van der Waals surface area contributed by atoms with E-state index in [1.54, 1.807) is 36.3 Å². The molecule has 2 aromatic carbocycles. The van der Waals surface area contributed by atoms with Gasteiger partial charge in [0.25, 0.3) is 0 Å². The van der Waals surface area contributed by atoms with Crippen molar-refractivity contribution in [2.45, 2.75) is 25.3 Å². The molecule has 0 spiro atoms. The highest BCUT2D eigenvalue weighted by Gasteiger charge is 2.36. The number of benzene rings is 2. The van der Waals surface area contributed by atoms with Crippen LogP contribution in [0.15, 0.2) is 60.3 Å². The Morgan fingerprint density at radius 2 is 1.94 bits per heavy atom. The normalized spacial score (nSPS) is 17.0. The minimum Gasteiger partial charge on any atom is -0.497 e. The fraction of sp³-hybridized carbons (Fsp3) is 0.250. The lowest BCUT2D eigenvalue weighted by Gasteiger charge is -2.35. The summed E-state index contributed by atoms with van der Waals surface area (Å²) in [4.78, 5) is 43.4. The van der Waals surface area contributed by atoms with Crippen molar-refractivity contribution in [1.82, 2.24) is 9.88 Å². The van der Waals surface area contributed by atoms with Crippen molar-refractivity contribution in [3.05, 3.63) is 77.0 Å². The predicted molar refractivity (Wildman–Crippen MR) is 134 cm³/mol. The standard InChI is InChI=1S/C28H26N2O6/c1-35-20-5-3-18(26(14-20)36-2)11-19(31)15-30-24(28(33)34)7-6-21-25(32)8-4-16-13-23-17(9-10-29-23)12-22(16)27(21)30/h3,5-7,9-10,12-14,24,29H,4,8,11,15H2,1-2H3,(H,33,34). The van der Waals surface area contributed by atoms with Crippen LogP contribution in [0.25, 0.3) is 16.6 Å². The van der Waals surface area contributed by atoms with Gasteiger partial charge in [0, 0.05) is 52.7 Å². The van der Waals surface area contributed by atoms with Crippen molar-refractivity contribution in [2.75, 3.05) is 20.8 Å². The highest BCUT2D eigenvalue weighted by molar-refractivity contribution is 6.08. The van der Waals surface area contributed by atoms with Gasteiger partial charge in [-0.1, -0.05) is 18.2 Å². The molecule has 3 aromatic rings. The first-order valence-corrected chi connectivity index (χ1v) is 11.7. The van der Waals surface area contributed by atoms with Gasteiger partial charge in [-0.3, -0.25) is 9.59 Å².